The lowest BCUT2D eigenvalue weighted by atomic mass is 9.73. The van der Waals surface area contributed by atoms with Crippen LogP contribution in [0.4, 0.5) is 0 Å². The number of Topliss-reactive ketones (excluding diaryl/α,β-unsaturated/α-hetero) is 1. The van der Waals surface area contributed by atoms with Crippen LogP contribution in [0.5, 0.6) is 0 Å². The van der Waals surface area contributed by atoms with Crippen molar-refractivity contribution in [1.29, 1.82) is 0 Å². The zero-order valence-electron chi connectivity index (χ0n) is 17.4. The number of halogens is 2. The van der Waals surface area contributed by atoms with Gasteiger partial charge in [0.2, 0.25) is 5.91 Å². The Morgan fingerprint density at radius 2 is 1.63 bits per heavy atom. The number of carbonyl (C=O) groups is 2. The summed E-state index contributed by atoms with van der Waals surface area (Å²) >= 11 is 12.4. The summed E-state index contributed by atoms with van der Waals surface area (Å²) in [6.07, 6.45) is 1.30. The first-order valence-electron chi connectivity index (χ1n) is 10.2. The van der Waals surface area contributed by atoms with Gasteiger partial charge in [-0.15, -0.1) is 0 Å². The van der Waals surface area contributed by atoms with Gasteiger partial charge in [-0.25, -0.2) is 0 Å². The normalized spacial score (nSPS) is 22.0. The highest BCUT2D eigenvalue weighted by molar-refractivity contribution is 6.35. The summed E-state index contributed by atoms with van der Waals surface area (Å²) < 4.78 is 0. The van der Waals surface area contributed by atoms with Gasteiger partial charge in [-0.3, -0.25) is 9.59 Å². The topological polar surface area (TPSA) is 46.2 Å². The molecular formula is C25H25Cl2NO2. The molecule has 2 aromatic rings. The van der Waals surface area contributed by atoms with Crippen molar-refractivity contribution in [2.24, 2.45) is 0 Å². The Labute approximate surface area is 187 Å². The average Bonchev–Trinajstić information content (AvgIpc) is 2.66. The minimum Gasteiger partial charge on any atom is -0.329 e. The minimum atomic E-state index is -0.324. The second kappa shape index (κ2) is 7.86. The van der Waals surface area contributed by atoms with E-state index in [9.17, 15) is 9.59 Å². The summed E-state index contributed by atoms with van der Waals surface area (Å²) in [5, 5.41) is 3.99. The molecule has 0 spiro atoms. The quantitative estimate of drug-likeness (QED) is 0.594. The molecule has 0 bridgehead atoms. The molecular weight excluding hydrogens is 417 g/mol. The van der Waals surface area contributed by atoms with Crippen LogP contribution in [-0.2, 0) is 15.0 Å². The molecule has 2 unspecified atom stereocenters. The van der Waals surface area contributed by atoms with Gasteiger partial charge in [-0.05, 0) is 46.6 Å². The molecule has 1 aliphatic carbocycles. The number of amides is 1. The smallest absolute Gasteiger partial charge is 0.225 e. The van der Waals surface area contributed by atoms with Crippen molar-refractivity contribution in [3.63, 3.8) is 0 Å². The van der Waals surface area contributed by atoms with Crippen LogP contribution in [0.25, 0.3) is 0 Å². The van der Waals surface area contributed by atoms with E-state index in [0.717, 1.165) is 16.8 Å². The Balaban J connectivity index is 1.67. The van der Waals surface area contributed by atoms with Gasteiger partial charge in [0.05, 0.1) is 0 Å². The molecule has 0 saturated heterocycles. The highest BCUT2D eigenvalue weighted by atomic mass is 35.5. The second-order valence-corrected chi connectivity index (χ2v) is 10.1. The SMILES string of the molecule is CC(C)(C)c1ccc(C2CC(=O)C3=C(C2)NC(=O)CC3c2ccc(Cl)cc2Cl)cc1. The number of nitrogens with one attached hydrogen (secondary N) is 1. The van der Waals surface area contributed by atoms with Crippen molar-refractivity contribution >= 4 is 34.9 Å². The predicted octanol–water partition coefficient (Wildman–Crippen LogP) is 6.30. The van der Waals surface area contributed by atoms with Crippen LogP contribution in [0.2, 0.25) is 10.0 Å². The van der Waals surface area contributed by atoms with E-state index in [1.165, 1.54) is 5.56 Å². The summed E-state index contributed by atoms with van der Waals surface area (Å²) in [5.41, 5.74) is 4.69. The number of carbonyl (C=O) groups excluding carboxylic acids is 2. The van der Waals surface area contributed by atoms with Crippen LogP contribution in [0.3, 0.4) is 0 Å². The number of hydrogen-bond donors (Lipinski definition) is 1. The van der Waals surface area contributed by atoms with Crippen LogP contribution in [-0.4, -0.2) is 11.7 Å². The Bertz CT molecular complexity index is 1050. The summed E-state index contributed by atoms with van der Waals surface area (Å²) in [5.74, 6) is -0.265. The van der Waals surface area contributed by atoms with E-state index in [2.05, 4.69) is 50.4 Å². The zero-order chi connectivity index (χ0) is 21.6. The molecule has 2 aromatic carbocycles. The van der Waals surface area contributed by atoms with Crippen LogP contribution in [0.15, 0.2) is 53.7 Å². The van der Waals surface area contributed by atoms with Gasteiger partial charge in [0.15, 0.2) is 5.78 Å². The molecule has 0 aromatic heterocycles. The maximum Gasteiger partial charge on any atom is 0.225 e. The fraction of sp³-hybridized carbons (Fsp3) is 0.360. The summed E-state index contributed by atoms with van der Waals surface area (Å²) in [4.78, 5) is 25.7. The molecule has 0 radical (unpaired) electrons. The summed E-state index contributed by atoms with van der Waals surface area (Å²) in [6, 6.07) is 13.7. The minimum absolute atomic E-state index is 0.0602. The maximum absolute atomic E-state index is 13.2. The summed E-state index contributed by atoms with van der Waals surface area (Å²) in [7, 11) is 0. The van der Waals surface area contributed by atoms with E-state index in [4.69, 9.17) is 23.2 Å². The lowest BCUT2D eigenvalue weighted by Gasteiger charge is -2.35. The van der Waals surface area contributed by atoms with Gasteiger partial charge >= 0.3 is 0 Å². The third-order valence-corrected chi connectivity index (χ3v) is 6.68. The lowest BCUT2D eigenvalue weighted by Crippen LogP contribution is -2.38. The van der Waals surface area contributed by atoms with Crippen molar-refractivity contribution < 1.29 is 9.59 Å². The second-order valence-electron chi connectivity index (χ2n) is 9.26. The van der Waals surface area contributed by atoms with Gasteiger partial charge in [-0.1, -0.05) is 74.3 Å². The third kappa shape index (κ3) is 4.06. The third-order valence-electron chi connectivity index (χ3n) is 6.12. The number of rotatable bonds is 2. The standard InChI is InChI=1S/C25H25Cl2NO2/c1-25(2,3)16-6-4-14(5-7-16)15-10-21-24(22(29)11-15)19(13-23(30)28-21)18-9-8-17(26)12-20(18)27/h4-9,12,15,19H,10-11,13H2,1-3H3,(H,28,30). The fourth-order valence-electron chi connectivity index (χ4n) is 4.50. The number of allylic oxidation sites excluding steroid dienone is 2. The van der Waals surface area contributed by atoms with E-state index in [1.807, 2.05) is 6.07 Å². The van der Waals surface area contributed by atoms with Crippen molar-refractivity contribution in [1.82, 2.24) is 5.32 Å². The molecule has 30 heavy (non-hydrogen) atoms. The fourth-order valence-corrected chi connectivity index (χ4v) is 5.04. The first-order chi connectivity index (χ1) is 14.1. The van der Waals surface area contributed by atoms with E-state index in [0.29, 0.717) is 28.5 Å². The molecule has 4 rings (SSSR count). The van der Waals surface area contributed by atoms with E-state index in [-0.39, 0.29) is 35.4 Å². The molecule has 1 amide bonds. The van der Waals surface area contributed by atoms with Gasteiger partial charge in [0.25, 0.3) is 0 Å². The Kier molecular flexibility index (Phi) is 5.54. The van der Waals surface area contributed by atoms with E-state index < -0.39 is 0 Å². The Morgan fingerprint density at radius 3 is 2.27 bits per heavy atom. The van der Waals surface area contributed by atoms with Gasteiger partial charge in [0, 0.05) is 40.1 Å². The van der Waals surface area contributed by atoms with Crippen LogP contribution in [0.1, 0.15) is 68.6 Å². The first kappa shape index (κ1) is 21.1. The molecule has 3 nitrogen and oxygen atoms in total. The molecule has 2 aliphatic rings. The van der Waals surface area contributed by atoms with Crippen LogP contribution in [0, 0.1) is 0 Å². The number of ketones is 1. The van der Waals surface area contributed by atoms with E-state index in [1.54, 1.807) is 12.1 Å². The monoisotopic (exact) mass is 441 g/mol. The van der Waals surface area contributed by atoms with Crippen LogP contribution < -0.4 is 5.32 Å². The molecule has 0 fully saturated rings. The highest BCUT2D eigenvalue weighted by Crippen LogP contribution is 2.44. The molecule has 1 heterocycles. The van der Waals surface area contributed by atoms with Crippen molar-refractivity contribution in [2.45, 2.75) is 57.3 Å². The van der Waals surface area contributed by atoms with Gasteiger partial charge in [-0.2, -0.15) is 0 Å². The molecule has 5 heteroatoms. The number of hydrogen-bond acceptors (Lipinski definition) is 2. The molecule has 0 saturated carbocycles. The maximum atomic E-state index is 13.2. The van der Waals surface area contributed by atoms with Crippen LogP contribution >= 0.6 is 23.2 Å². The van der Waals surface area contributed by atoms with Crippen molar-refractivity contribution in [2.75, 3.05) is 0 Å². The van der Waals surface area contributed by atoms with Crippen molar-refractivity contribution in [3.05, 3.63) is 80.5 Å². The Hall–Kier alpha value is -2.10. The molecule has 1 N–H and O–H groups in total. The predicted molar refractivity (Wildman–Crippen MR) is 121 cm³/mol. The molecule has 1 aliphatic heterocycles. The van der Waals surface area contributed by atoms with Gasteiger partial charge in [0.1, 0.15) is 0 Å². The van der Waals surface area contributed by atoms with Crippen molar-refractivity contribution in [3.8, 4) is 0 Å². The zero-order valence-corrected chi connectivity index (χ0v) is 18.9. The summed E-state index contributed by atoms with van der Waals surface area (Å²) in [6.45, 7) is 6.55. The lowest BCUT2D eigenvalue weighted by molar-refractivity contribution is -0.122. The largest absolute Gasteiger partial charge is 0.329 e. The Morgan fingerprint density at radius 1 is 0.933 bits per heavy atom. The first-order valence-corrected chi connectivity index (χ1v) is 11.0. The molecule has 156 valence electrons. The highest BCUT2D eigenvalue weighted by Gasteiger charge is 2.38. The number of benzene rings is 2. The average molecular weight is 442 g/mol. The van der Waals surface area contributed by atoms with E-state index >= 15 is 0 Å². The van der Waals surface area contributed by atoms with Gasteiger partial charge < -0.3 is 5.32 Å². The molecule has 2 atom stereocenters.